The molecule has 0 unspecified atom stereocenters. The standard InChI is InChI=1S/C13H14IN3O2/c1-18-8-9-19-10-5-6-11(14)16-13(10)17-12-4-2-3-7-15-12/h2-7H,8-9H2,1H3,(H,15,16,17). The summed E-state index contributed by atoms with van der Waals surface area (Å²) in [6.07, 6.45) is 1.72. The van der Waals surface area contributed by atoms with Crippen molar-refractivity contribution in [3.8, 4) is 5.75 Å². The lowest BCUT2D eigenvalue weighted by Gasteiger charge is -2.12. The molecule has 0 atom stereocenters. The lowest BCUT2D eigenvalue weighted by atomic mass is 10.4. The first-order valence-corrected chi connectivity index (χ1v) is 6.84. The molecule has 6 heteroatoms. The highest BCUT2D eigenvalue weighted by Crippen LogP contribution is 2.25. The summed E-state index contributed by atoms with van der Waals surface area (Å²) in [6, 6.07) is 9.43. The molecule has 19 heavy (non-hydrogen) atoms. The molecular weight excluding hydrogens is 357 g/mol. The zero-order chi connectivity index (χ0) is 13.5. The van der Waals surface area contributed by atoms with Gasteiger partial charge in [-0.1, -0.05) is 6.07 Å². The Balaban J connectivity index is 2.15. The van der Waals surface area contributed by atoms with Gasteiger partial charge < -0.3 is 14.8 Å². The molecule has 5 nitrogen and oxygen atoms in total. The highest BCUT2D eigenvalue weighted by Gasteiger charge is 2.07. The molecule has 0 amide bonds. The molecular formula is C13H14IN3O2. The molecule has 0 aromatic carbocycles. The number of hydrogen-bond donors (Lipinski definition) is 1. The van der Waals surface area contributed by atoms with E-state index in [4.69, 9.17) is 9.47 Å². The van der Waals surface area contributed by atoms with E-state index in [-0.39, 0.29) is 0 Å². The normalized spacial score (nSPS) is 10.2. The maximum atomic E-state index is 5.62. The van der Waals surface area contributed by atoms with Gasteiger partial charge in [-0.3, -0.25) is 0 Å². The second kappa shape index (κ2) is 7.25. The van der Waals surface area contributed by atoms with Crippen LogP contribution in [0.15, 0.2) is 36.5 Å². The van der Waals surface area contributed by atoms with Crippen LogP contribution in [0.25, 0.3) is 0 Å². The van der Waals surface area contributed by atoms with Crippen LogP contribution in [-0.4, -0.2) is 30.3 Å². The zero-order valence-electron chi connectivity index (χ0n) is 10.5. The summed E-state index contributed by atoms with van der Waals surface area (Å²) in [5, 5.41) is 3.15. The second-order valence-corrected chi connectivity index (χ2v) is 4.77. The summed E-state index contributed by atoms with van der Waals surface area (Å²) in [5.41, 5.74) is 0. The third kappa shape index (κ3) is 4.32. The number of anilines is 2. The molecule has 0 bridgehead atoms. The van der Waals surface area contributed by atoms with Crippen LogP contribution in [-0.2, 0) is 4.74 Å². The van der Waals surface area contributed by atoms with Crippen molar-refractivity contribution in [1.82, 2.24) is 9.97 Å². The van der Waals surface area contributed by atoms with Crippen molar-refractivity contribution >= 4 is 34.2 Å². The molecule has 0 spiro atoms. The summed E-state index contributed by atoms with van der Waals surface area (Å²) in [7, 11) is 1.64. The number of nitrogens with zero attached hydrogens (tertiary/aromatic N) is 2. The Morgan fingerprint density at radius 3 is 2.84 bits per heavy atom. The maximum Gasteiger partial charge on any atom is 0.175 e. The van der Waals surface area contributed by atoms with Crippen LogP contribution in [0.4, 0.5) is 11.6 Å². The Morgan fingerprint density at radius 1 is 1.21 bits per heavy atom. The van der Waals surface area contributed by atoms with Gasteiger partial charge in [0, 0.05) is 13.3 Å². The van der Waals surface area contributed by atoms with Crippen LogP contribution in [0.3, 0.4) is 0 Å². The fourth-order valence-electron chi connectivity index (χ4n) is 1.42. The van der Waals surface area contributed by atoms with Crippen molar-refractivity contribution in [2.75, 3.05) is 25.6 Å². The highest BCUT2D eigenvalue weighted by atomic mass is 127. The van der Waals surface area contributed by atoms with Crippen molar-refractivity contribution in [2.24, 2.45) is 0 Å². The van der Waals surface area contributed by atoms with Crippen LogP contribution >= 0.6 is 22.6 Å². The average Bonchev–Trinajstić information content (AvgIpc) is 2.43. The van der Waals surface area contributed by atoms with E-state index >= 15 is 0 Å². The maximum absolute atomic E-state index is 5.62. The third-order valence-corrected chi connectivity index (χ3v) is 2.88. The van der Waals surface area contributed by atoms with Crippen LogP contribution in [0.5, 0.6) is 5.75 Å². The van der Waals surface area contributed by atoms with Crippen molar-refractivity contribution in [1.29, 1.82) is 0 Å². The molecule has 1 N–H and O–H groups in total. The van der Waals surface area contributed by atoms with E-state index in [1.54, 1.807) is 13.3 Å². The SMILES string of the molecule is COCCOc1ccc(I)nc1Nc1ccccn1. The van der Waals surface area contributed by atoms with Crippen molar-refractivity contribution in [3.63, 3.8) is 0 Å². The Bertz CT molecular complexity index is 523. The van der Waals surface area contributed by atoms with Crippen LogP contribution in [0, 0.1) is 3.70 Å². The van der Waals surface area contributed by atoms with Crippen molar-refractivity contribution in [3.05, 3.63) is 40.2 Å². The minimum Gasteiger partial charge on any atom is -0.487 e. The van der Waals surface area contributed by atoms with Crippen LogP contribution in [0.1, 0.15) is 0 Å². The van der Waals surface area contributed by atoms with Crippen molar-refractivity contribution < 1.29 is 9.47 Å². The quantitative estimate of drug-likeness (QED) is 0.481. The molecule has 0 radical (unpaired) electrons. The Labute approximate surface area is 125 Å². The highest BCUT2D eigenvalue weighted by molar-refractivity contribution is 14.1. The largest absolute Gasteiger partial charge is 0.487 e. The minimum absolute atomic E-state index is 0.482. The van der Waals surface area contributed by atoms with Gasteiger partial charge in [0.1, 0.15) is 16.1 Å². The minimum atomic E-state index is 0.482. The lowest BCUT2D eigenvalue weighted by molar-refractivity contribution is 0.146. The first kappa shape index (κ1) is 14.0. The van der Waals surface area contributed by atoms with Gasteiger partial charge in [-0.05, 0) is 46.9 Å². The summed E-state index contributed by atoms with van der Waals surface area (Å²) >= 11 is 2.16. The van der Waals surface area contributed by atoms with E-state index in [2.05, 4.69) is 37.9 Å². The topological polar surface area (TPSA) is 56.3 Å². The first-order valence-electron chi connectivity index (χ1n) is 5.76. The molecule has 0 aliphatic rings. The number of hydrogen-bond acceptors (Lipinski definition) is 5. The summed E-state index contributed by atoms with van der Waals surface area (Å²) in [5.74, 6) is 2.07. The number of halogens is 1. The van der Waals surface area contributed by atoms with E-state index in [0.29, 0.717) is 24.8 Å². The number of aromatic nitrogens is 2. The molecule has 0 saturated carbocycles. The molecule has 2 heterocycles. The molecule has 2 aromatic heterocycles. The van der Waals surface area contributed by atoms with E-state index in [9.17, 15) is 0 Å². The van der Waals surface area contributed by atoms with Gasteiger partial charge in [-0.2, -0.15) is 0 Å². The van der Waals surface area contributed by atoms with Crippen molar-refractivity contribution in [2.45, 2.75) is 0 Å². The summed E-state index contributed by atoms with van der Waals surface area (Å²) < 4.78 is 11.5. The van der Waals surface area contributed by atoms with Gasteiger partial charge in [0.2, 0.25) is 0 Å². The van der Waals surface area contributed by atoms with E-state index in [0.717, 1.165) is 9.52 Å². The summed E-state index contributed by atoms with van der Waals surface area (Å²) in [6.45, 7) is 1.02. The van der Waals surface area contributed by atoms with Gasteiger partial charge in [0.25, 0.3) is 0 Å². The number of methoxy groups -OCH3 is 1. The second-order valence-electron chi connectivity index (χ2n) is 3.66. The monoisotopic (exact) mass is 371 g/mol. The molecule has 2 rings (SSSR count). The smallest absolute Gasteiger partial charge is 0.175 e. The molecule has 2 aromatic rings. The fraction of sp³-hybridized carbons (Fsp3) is 0.231. The van der Waals surface area contributed by atoms with Gasteiger partial charge in [-0.25, -0.2) is 9.97 Å². The average molecular weight is 371 g/mol. The lowest BCUT2D eigenvalue weighted by Crippen LogP contribution is -2.07. The van der Waals surface area contributed by atoms with E-state index < -0.39 is 0 Å². The van der Waals surface area contributed by atoms with E-state index in [1.807, 2.05) is 30.3 Å². The zero-order valence-corrected chi connectivity index (χ0v) is 12.6. The number of nitrogens with one attached hydrogen (secondary N) is 1. The Morgan fingerprint density at radius 2 is 2.11 bits per heavy atom. The molecule has 100 valence electrons. The van der Waals surface area contributed by atoms with Gasteiger partial charge in [0.05, 0.1) is 6.61 Å². The molecule has 0 fully saturated rings. The predicted octanol–water partition coefficient (Wildman–Crippen LogP) is 2.85. The van der Waals surface area contributed by atoms with Gasteiger partial charge >= 0.3 is 0 Å². The van der Waals surface area contributed by atoms with Gasteiger partial charge in [-0.15, -0.1) is 0 Å². The molecule has 0 saturated heterocycles. The Hall–Kier alpha value is -1.41. The first-order chi connectivity index (χ1) is 9.29. The van der Waals surface area contributed by atoms with Crippen LogP contribution < -0.4 is 10.1 Å². The van der Waals surface area contributed by atoms with Crippen LogP contribution in [0.2, 0.25) is 0 Å². The predicted molar refractivity (Wildman–Crippen MR) is 81.8 cm³/mol. The third-order valence-electron chi connectivity index (χ3n) is 2.28. The molecule has 0 aliphatic heterocycles. The number of ether oxygens (including phenoxy) is 2. The Kier molecular flexibility index (Phi) is 5.34. The summed E-state index contributed by atoms with van der Waals surface area (Å²) in [4.78, 5) is 8.62. The van der Waals surface area contributed by atoms with Gasteiger partial charge in [0.15, 0.2) is 11.6 Å². The fourth-order valence-corrected chi connectivity index (χ4v) is 1.84. The number of pyridine rings is 2. The number of rotatable bonds is 6. The molecule has 0 aliphatic carbocycles. The van der Waals surface area contributed by atoms with E-state index in [1.165, 1.54) is 0 Å².